The van der Waals surface area contributed by atoms with E-state index in [9.17, 15) is 8.42 Å². The van der Waals surface area contributed by atoms with Crippen LogP contribution in [0.15, 0.2) is 57.8 Å². The molecule has 0 unspecified atom stereocenters. The number of aromatic nitrogens is 2. The van der Waals surface area contributed by atoms with Crippen LogP contribution in [0.5, 0.6) is 0 Å². The van der Waals surface area contributed by atoms with Crippen LogP contribution in [0.2, 0.25) is 0 Å². The Balaban J connectivity index is 2.01. The van der Waals surface area contributed by atoms with Crippen molar-refractivity contribution in [2.45, 2.75) is 39.5 Å². The lowest BCUT2D eigenvalue weighted by Gasteiger charge is -2.13. The SMILES string of the molecule is Cc1ccc(S(=O)(=O)N=C(Nc2ccc(C)c(C)c2)Nc2nc(C)cc(C)n2)cc1. The summed E-state index contributed by atoms with van der Waals surface area (Å²) < 4.78 is 29.8. The molecule has 0 aliphatic rings. The van der Waals surface area contributed by atoms with Gasteiger partial charge in [0.1, 0.15) is 0 Å². The summed E-state index contributed by atoms with van der Waals surface area (Å²) in [6, 6.07) is 14.1. The van der Waals surface area contributed by atoms with E-state index in [1.165, 1.54) is 12.1 Å². The number of benzene rings is 2. The summed E-state index contributed by atoms with van der Waals surface area (Å²) in [5.41, 5.74) is 5.40. The Morgan fingerprint density at radius 3 is 2.03 bits per heavy atom. The fourth-order valence-electron chi connectivity index (χ4n) is 2.80. The van der Waals surface area contributed by atoms with Gasteiger partial charge in [0.2, 0.25) is 11.9 Å². The van der Waals surface area contributed by atoms with Crippen LogP contribution in [-0.2, 0) is 10.0 Å². The Morgan fingerprint density at radius 2 is 1.43 bits per heavy atom. The molecule has 0 radical (unpaired) electrons. The highest BCUT2D eigenvalue weighted by Gasteiger charge is 2.16. The second-order valence-corrected chi connectivity index (χ2v) is 8.86. The molecule has 7 nitrogen and oxygen atoms in total. The van der Waals surface area contributed by atoms with Gasteiger partial charge in [-0.25, -0.2) is 9.97 Å². The predicted molar refractivity (Wildman–Crippen MR) is 120 cm³/mol. The van der Waals surface area contributed by atoms with Crippen molar-refractivity contribution in [3.63, 3.8) is 0 Å². The van der Waals surface area contributed by atoms with Crippen molar-refractivity contribution in [2.24, 2.45) is 4.40 Å². The van der Waals surface area contributed by atoms with Crippen LogP contribution in [0.4, 0.5) is 11.6 Å². The van der Waals surface area contributed by atoms with Crippen molar-refractivity contribution < 1.29 is 8.42 Å². The quantitative estimate of drug-likeness (QED) is 0.480. The van der Waals surface area contributed by atoms with Crippen molar-refractivity contribution >= 4 is 27.6 Å². The van der Waals surface area contributed by atoms with Gasteiger partial charge in [0.05, 0.1) is 4.90 Å². The predicted octanol–water partition coefficient (Wildman–Crippen LogP) is 4.29. The van der Waals surface area contributed by atoms with Gasteiger partial charge in [0.25, 0.3) is 10.0 Å². The molecule has 0 spiro atoms. The first-order valence-corrected chi connectivity index (χ1v) is 10.9. The number of nitrogens with one attached hydrogen (secondary N) is 2. The summed E-state index contributed by atoms with van der Waals surface area (Å²) in [6.07, 6.45) is 0. The van der Waals surface area contributed by atoms with Crippen LogP contribution >= 0.6 is 0 Å². The van der Waals surface area contributed by atoms with Gasteiger partial charge in [-0.15, -0.1) is 4.40 Å². The van der Waals surface area contributed by atoms with Crippen molar-refractivity contribution in [1.29, 1.82) is 0 Å². The fourth-order valence-corrected chi connectivity index (χ4v) is 3.72. The van der Waals surface area contributed by atoms with Gasteiger partial charge < -0.3 is 5.32 Å². The van der Waals surface area contributed by atoms with Gasteiger partial charge in [-0.3, -0.25) is 5.32 Å². The minimum absolute atomic E-state index is 0.0174. The van der Waals surface area contributed by atoms with Crippen molar-refractivity contribution in [2.75, 3.05) is 10.6 Å². The minimum Gasteiger partial charge on any atom is -0.325 e. The molecule has 0 bridgehead atoms. The summed E-state index contributed by atoms with van der Waals surface area (Å²) in [5.74, 6) is 0.283. The molecule has 0 aliphatic heterocycles. The maximum atomic E-state index is 12.9. The zero-order chi connectivity index (χ0) is 21.9. The van der Waals surface area contributed by atoms with Crippen molar-refractivity contribution in [1.82, 2.24) is 9.97 Å². The number of hydrogen-bond donors (Lipinski definition) is 2. The van der Waals surface area contributed by atoms with E-state index in [0.717, 1.165) is 28.1 Å². The first kappa shape index (κ1) is 21.4. The van der Waals surface area contributed by atoms with Crippen LogP contribution in [0.25, 0.3) is 0 Å². The number of anilines is 2. The summed E-state index contributed by atoms with van der Waals surface area (Å²) in [6.45, 7) is 9.58. The molecule has 156 valence electrons. The van der Waals surface area contributed by atoms with Crippen LogP contribution in [-0.4, -0.2) is 24.3 Å². The molecule has 3 aromatic rings. The molecule has 8 heteroatoms. The largest absolute Gasteiger partial charge is 0.325 e. The Labute approximate surface area is 177 Å². The molecule has 2 N–H and O–H groups in total. The first-order chi connectivity index (χ1) is 14.1. The molecule has 0 aliphatic carbocycles. The first-order valence-electron chi connectivity index (χ1n) is 9.47. The molecular weight excluding hydrogens is 398 g/mol. The van der Waals surface area contributed by atoms with Crippen LogP contribution in [0, 0.1) is 34.6 Å². The lowest BCUT2D eigenvalue weighted by Crippen LogP contribution is -2.25. The molecule has 2 aromatic carbocycles. The highest BCUT2D eigenvalue weighted by molar-refractivity contribution is 7.90. The monoisotopic (exact) mass is 423 g/mol. The third-order valence-corrected chi connectivity index (χ3v) is 5.80. The van der Waals surface area contributed by atoms with Crippen molar-refractivity contribution in [3.8, 4) is 0 Å². The second kappa shape index (κ2) is 8.62. The number of guanidine groups is 1. The van der Waals surface area contributed by atoms with Crippen LogP contribution in [0.1, 0.15) is 28.1 Å². The third-order valence-electron chi connectivity index (χ3n) is 4.51. The van der Waals surface area contributed by atoms with Gasteiger partial charge in [-0.1, -0.05) is 23.8 Å². The summed E-state index contributed by atoms with van der Waals surface area (Å²) in [7, 11) is -3.95. The molecule has 0 fully saturated rings. The normalized spacial score (nSPS) is 12.0. The average molecular weight is 424 g/mol. The Morgan fingerprint density at radius 1 is 0.800 bits per heavy atom. The summed E-state index contributed by atoms with van der Waals surface area (Å²) in [4.78, 5) is 8.75. The summed E-state index contributed by atoms with van der Waals surface area (Å²) in [5, 5.41) is 5.97. The highest BCUT2D eigenvalue weighted by atomic mass is 32.2. The van der Waals surface area contributed by atoms with Gasteiger partial charge in [-0.2, -0.15) is 8.42 Å². The Kier molecular flexibility index (Phi) is 6.17. The van der Waals surface area contributed by atoms with Crippen molar-refractivity contribution in [3.05, 3.63) is 76.6 Å². The number of hydrogen-bond acceptors (Lipinski definition) is 4. The maximum Gasteiger partial charge on any atom is 0.285 e. The standard InChI is InChI=1S/C22H25N5O2S/c1-14-6-10-20(11-7-14)30(28,29)27-22(25-19-9-8-15(2)16(3)12-19)26-21-23-17(4)13-18(5)24-21/h6-13H,1-5H3,(H2,23,24,25,26,27). The summed E-state index contributed by atoms with van der Waals surface area (Å²) >= 11 is 0. The molecule has 30 heavy (non-hydrogen) atoms. The van der Waals surface area contributed by atoms with E-state index in [0.29, 0.717) is 5.69 Å². The third kappa shape index (κ3) is 5.42. The fraction of sp³-hybridized carbons (Fsp3) is 0.227. The molecule has 3 rings (SSSR count). The van der Waals surface area contributed by atoms with E-state index in [1.54, 1.807) is 12.1 Å². The average Bonchev–Trinajstić information content (AvgIpc) is 2.64. The van der Waals surface area contributed by atoms with Gasteiger partial charge in [-0.05, 0) is 76.1 Å². The Bertz CT molecular complexity index is 1180. The van der Waals surface area contributed by atoms with Gasteiger partial charge in [0, 0.05) is 17.1 Å². The second-order valence-electron chi connectivity index (χ2n) is 7.25. The lowest BCUT2D eigenvalue weighted by molar-refractivity contribution is 0.598. The van der Waals surface area contributed by atoms with Crippen LogP contribution < -0.4 is 10.6 Å². The maximum absolute atomic E-state index is 12.9. The van der Waals surface area contributed by atoms with E-state index in [4.69, 9.17) is 0 Å². The molecule has 0 saturated carbocycles. The smallest absolute Gasteiger partial charge is 0.285 e. The zero-order valence-electron chi connectivity index (χ0n) is 17.7. The number of rotatable bonds is 4. The highest BCUT2D eigenvalue weighted by Crippen LogP contribution is 2.17. The molecule has 0 saturated heterocycles. The number of aryl methyl sites for hydroxylation is 5. The van der Waals surface area contributed by atoms with E-state index in [-0.39, 0.29) is 16.8 Å². The minimum atomic E-state index is -3.95. The topological polar surface area (TPSA) is 96.3 Å². The van der Waals surface area contributed by atoms with Gasteiger partial charge in [0.15, 0.2) is 0 Å². The van der Waals surface area contributed by atoms with Crippen LogP contribution in [0.3, 0.4) is 0 Å². The lowest BCUT2D eigenvalue weighted by atomic mass is 10.1. The number of sulfonamides is 1. The molecular formula is C22H25N5O2S. The molecule has 0 atom stereocenters. The van der Waals surface area contributed by atoms with E-state index in [2.05, 4.69) is 25.0 Å². The molecule has 1 aromatic heterocycles. The van der Waals surface area contributed by atoms with E-state index in [1.807, 2.05) is 58.9 Å². The zero-order valence-corrected chi connectivity index (χ0v) is 18.5. The van der Waals surface area contributed by atoms with E-state index < -0.39 is 10.0 Å². The molecule has 1 heterocycles. The molecule has 0 amide bonds. The van der Waals surface area contributed by atoms with E-state index >= 15 is 0 Å². The van der Waals surface area contributed by atoms with Gasteiger partial charge >= 0.3 is 0 Å². The Hall–Kier alpha value is -3.26. The number of nitrogens with zero attached hydrogens (tertiary/aromatic N) is 3.